The molecule has 0 aliphatic heterocycles. The van der Waals surface area contributed by atoms with Crippen molar-refractivity contribution in [3.8, 4) is 0 Å². The molecule has 2 N–H and O–H groups in total. The zero-order valence-electron chi connectivity index (χ0n) is 10.7. The molecule has 2 aromatic rings. The van der Waals surface area contributed by atoms with E-state index in [1.165, 1.54) is 4.90 Å². The molecule has 0 unspecified atom stereocenters. The topological polar surface area (TPSA) is 91.0 Å². The molecule has 0 spiro atoms. The zero-order chi connectivity index (χ0) is 13.8. The maximum Gasteiger partial charge on any atom is 0.254 e. The molecule has 0 aromatic carbocycles. The highest BCUT2D eigenvalue weighted by atomic mass is 16.3. The van der Waals surface area contributed by atoms with Gasteiger partial charge in [-0.2, -0.15) is 0 Å². The van der Waals surface area contributed by atoms with E-state index in [0.717, 1.165) is 5.82 Å². The number of pyridine rings is 1. The summed E-state index contributed by atoms with van der Waals surface area (Å²) in [5, 5.41) is 25.7. The Hall–Kier alpha value is -1.99. The van der Waals surface area contributed by atoms with E-state index >= 15 is 0 Å². The molecule has 0 radical (unpaired) electrons. The Morgan fingerprint density at radius 1 is 1.32 bits per heavy atom. The van der Waals surface area contributed by atoms with Gasteiger partial charge in [-0.3, -0.25) is 9.20 Å². The molecular formula is C12H16N4O3. The molecule has 2 aromatic heterocycles. The van der Waals surface area contributed by atoms with Crippen molar-refractivity contribution in [3.63, 3.8) is 0 Å². The van der Waals surface area contributed by atoms with Crippen molar-refractivity contribution in [1.82, 2.24) is 19.5 Å². The van der Waals surface area contributed by atoms with Gasteiger partial charge < -0.3 is 15.1 Å². The highest BCUT2D eigenvalue weighted by Gasteiger charge is 2.15. The normalized spacial score (nSPS) is 10.9. The van der Waals surface area contributed by atoms with Crippen LogP contribution in [-0.4, -0.2) is 61.9 Å². The number of aromatic nitrogens is 3. The van der Waals surface area contributed by atoms with Crippen molar-refractivity contribution in [1.29, 1.82) is 0 Å². The molecule has 0 fully saturated rings. The van der Waals surface area contributed by atoms with Gasteiger partial charge in [0, 0.05) is 24.8 Å². The van der Waals surface area contributed by atoms with Crippen molar-refractivity contribution < 1.29 is 15.0 Å². The summed E-state index contributed by atoms with van der Waals surface area (Å²) in [6.45, 7) is 1.92. The number of amides is 1. The van der Waals surface area contributed by atoms with Gasteiger partial charge in [-0.15, -0.1) is 10.2 Å². The van der Waals surface area contributed by atoms with Crippen LogP contribution in [0.4, 0.5) is 0 Å². The zero-order valence-corrected chi connectivity index (χ0v) is 10.7. The molecule has 2 heterocycles. The summed E-state index contributed by atoms with van der Waals surface area (Å²) < 4.78 is 1.78. The second-order valence-electron chi connectivity index (χ2n) is 4.13. The van der Waals surface area contributed by atoms with Crippen LogP contribution < -0.4 is 0 Å². The van der Waals surface area contributed by atoms with Crippen LogP contribution in [-0.2, 0) is 0 Å². The lowest BCUT2D eigenvalue weighted by Crippen LogP contribution is -2.35. The molecule has 0 aliphatic carbocycles. The fourth-order valence-electron chi connectivity index (χ4n) is 1.88. The first-order valence-electron chi connectivity index (χ1n) is 5.99. The molecular weight excluding hydrogens is 248 g/mol. The Labute approximate surface area is 110 Å². The molecule has 0 saturated carbocycles. The van der Waals surface area contributed by atoms with Gasteiger partial charge in [0.1, 0.15) is 5.82 Å². The van der Waals surface area contributed by atoms with E-state index in [1.54, 1.807) is 22.7 Å². The fraction of sp³-hybridized carbons (Fsp3) is 0.417. The quantitative estimate of drug-likeness (QED) is 0.757. The average Bonchev–Trinajstić information content (AvgIpc) is 2.79. The summed E-state index contributed by atoms with van der Waals surface area (Å²) in [5.74, 6) is 0.503. The molecule has 7 nitrogen and oxygen atoms in total. The number of nitrogens with zero attached hydrogens (tertiary/aromatic N) is 4. The van der Waals surface area contributed by atoms with Crippen molar-refractivity contribution >= 4 is 11.6 Å². The third-order valence-corrected chi connectivity index (χ3v) is 2.85. The summed E-state index contributed by atoms with van der Waals surface area (Å²) in [6.07, 6.45) is 1.73. The van der Waals surface area contributed by atoms with Crippen LogP contribution in [0.15, 0.2) is 18.3 Å². The van der Waals surface area contributed by atoms with E-state index in [9.17, 15) is 4.79 Å². The SMILES string of the molecule is Cc1nnc2cc(C(=O)N(CCO)CCO)ccn12. The first kappa shape index (κ1) is 13.4. The van der Waals surface area contributed by atoms with Crippen LogP contribution in [0, 0.1) is 6.92 Å². The predicted molar refractivity (Wildman–Crippen MR) is 67.8 cm³/mol. The van der Waals surface area contributed by atoms with Crippen LogP contribution in [0.2, 0.25) is 0 Å². The molecule has 0 aliphatic rings. The van der Waals surface area contributed by atoms with Crippen molar-refractivity contribution in [2.45, 2.75) is 6.92 Å². The Morgan fingerprint density at radius 2 is 2.00 bits per heavy atom. The summed E-state index contributed by atoms with van der Waals surface area (Å²) in [5.41, 5.74) is 1.05. The predicted octanol–water partition coefficient (Wildman–Crippen LogP) is -0.535. The number of hydrogen-bond donors (Lipinski definition) is 2. The van der Waals surface area contributed by atoms with E-state index in [1.807, 2.05) is 6.92 Å². The van der Waals surface area contributed by atoms with Crippen LogP contribution >= 0.6 is 0 Å². The van der Waals surface area contributed by atoms with Crippen LogP contribution in [0.3, 0.4) is 0 Å². The van der Waals surface area contributed by atoms with Crippen molar-refractivity contribution in [2.75, 3.05) is 26.3 Å². The number of hydrogen-bond acceptors (Lipinski definition) is 5. The Morgan fingerprint density at radius 3 is 2.63 bits per heavy atom. The molecule has 2 rings (SSSR count). The van der Waals surface area contributed by atoms with Crippen LogP contribution in [0.25, 0.3) is 5.65 Å². The van der Waals surface area contributed by atoms with E-state index < -0.39 is 0 Å². The molecule has 0 saturated heterocycles. The highest BCUT2D eigenvalue weighted by molar-refractivity contribution is 5.95. The molecule has 7 heteroatoms. The van der Waals surface area contributed by atoms with Gasteiger partial charge >= 0.3 is 0 Å². The largest absolute Gasteiger partial charge is 0.395 e. The summed E-state index contributed by atoms with van der Waals surface area (Å²) in [6, 6.07) is 3.32. The Kier molecular flexibility index (Phi) is 4.08. The molecule has 102 valence electrons. The van der Waals surface area contributed by atoms with Crippen molar-refractivity contribution in [2.24, 2.45) is 0 Å². The number of aryl methyl sites for hydroxylation is 1. The Bertz CT molecular complexity index is 575. The van der Waals surface area contributed by atoms with Gasteiger partial charge in [0.25, 0.3) is 5.91 Å². The minimum atomic E-state index is -0.244. The van der Waals surface area contributed by atoms with Crippen molar-refractivity contribution in [3.05, 3.63) is 29.7 Å². The number of aliphatic hydroxyl groups is 2. The van der Waals surface area contributed by atoms with E-state index in [0.29, 0.717) is 11.2 Å². The minimum Gasteiger partial charge on any atom is -0.395 e. The van der Waals surface area contributed by atoms with Gasteiger partial charge in [0.15, 0.2) is 5.65 Å². The molecule has 0 bridgehead atoms. The molecule has 19 heavy (non-hydrogen) atoms. The minimum absolute atomic E-state index is 0.141. The maximum absolute atomic E-state index is 12.2. The third-order valence-electron chi connectivity index (χ3n) is 2.85. The van der Waals surface area contributed by atoms with Gasteiger partial charge in [-0.25, -0.2) is 0 Å². The lowest BCUT2D eigenvalue weighted by Gasteiger charge is -2.20. The number of aliphatic hydroxyl groups excluding tert-OH is 2. The third kappa shape index (κ3) is 2.72. The summed E-state index contributed by atoms with van der Waals surface area (Å²) in [4.78, 5) is 13.6. The monoisotopic (exact) mass is 264 g/mol. The average molecular weight is 264 g/mol. The smallest absolute Gasteiger partial charge is 0.254 e. The second-order valence-corrected chi connectivity index (χ2v) is 4.13. The first-order valence-corrected chi connectivity index (χ1v) is 5.99. The highest BCUT2D eigenvalue weighted by Crippen LogP contribution is 2.09. The summed E-state index contributed by atoms with van der Waals surface area (Å²) in [7, 11) is 0. The molecule has 1 amide bonds. The van der Waals surface area contributed by atoms with Crippen LogP contribution in [0.1, 0.15) is 16.2 Å². The van der Waals surface area contributed by atoms with Crippen LogP contribution in [0.5, 0.6) is 0 Å². The standard InChI is InChI=1S/C12H16N4O3/c1-9-13-14-11-8-10(2-3-16(9)11)12(19)15(4-6-17)5-7-18/h2-3,8,17-18H,4-7H2,1H3. The molecule has 0 atom stereocenters. The lowest BCUT2D eigenvalue weighted by molar-refractivity contribution is 0.0685. The number of rotatable bonds is 5. The van der Waals surface area contributed by atoms with Gasteiger partial charge in [-0.1, -0.05) is 0 Å². The first-order chi connectivity index (χ1) is 9.17. The van der Waals surface area contributed by atoms with E-state index in [4.69, 9.17) is 10.2 Å². The number of fused-ring (bicyclic) bond motifs is 1. The Balaban J connectivity index is 2.29. The fourth-order valence-corrected chi connectivity index (χ4v) is 1.88. The van der Waals surface area contributed by atoms with E-state index in [-0.39, 0.29) is 32.2 Å². The van der Waals surface area contributed by atoms with Gasteiger partial charge in [0.2, 0.25) is 0 Å². The van der Waals surface area contributed by atoms with E-state index in [2.05, 4.69) is 10.2 Å². The number of carbonyl (C=O) groups is 1. The second kappa shape index (κ2) is 5.77. The van der Waals surface area contributed by atoms with Gasteiger partial charge in [0.05, 0.1) is 13.2 Å². The van der Waals surface area contributed by atoms with Gasteiger partial charge in [-0.05, 0) is 19.1 Å². The number of carbonyl (C=O) groups excluding carboxylic acids is 1. The maximum atomic E-state index is 12.2. The summed E-state index contributed by atoms with van der Waals surface area (Å²) >= 11 is 0. The lowest BCUT2D eigenvalue weighted by atomic mass is 10.2.